The van der Waals surface area contributed by atoms with Crippen molar-refractivity contribution in [2.75, 3.05) is 0 Å². The largest absolute Gasteiger partial charge is 0.312 e. The molecule has 0 saturated carbocycles. The van der Waals surface area contributed by atoms with Crippen LogP contribution in [0.15, 0.2) is 23.9 Å². The number of nitrogens with zero attached hydrogens (tertiary/aromatic N) is 2. The summed E-state index contributed by atoms with van der Waals surface area (Å²) in [5, 5.41) is 11.3. The minimum absolute atomic E-state index is 0.361. The molecule has 0 fully saturated rings. The molecule has 5 nitrogen and oxygen atoms in total. The van der Waals surface area contributed by atoms with Gasteiger partial charge in [-0.15, -0.1) is 0 Å². The molecule has 0 aromatic rings. The average Bonchev–Trinajstić information content (AvgIpc) is 2.60. The molecule has 2 aliphatic heterocycles. The van der Waals surface area contributed by atoms with Crippen molar-refractivity contribution < 1.29 is 14.8 Å². The second kappa shape index (κ2) is 3.27. The summed E-state index contributed by atoms with van der Waals surface area (Å²) in [6.45, 7) is 7.18. The van der Waals surface area contributed by atoms with E-state index in [0.29, 0.717) is 5.70 Å². The summed E-state index contributed by atoms with van der Waals surface area (Å²) in [5.41, 5.74) is -0.868. The molecule has 0 radical (unpaired) electrons. The molecule has 0 atom stereocenters. The van der Waals surface area contributed by atoms with Crippen LogP contribution >= 0.6 is 0 Å². The van der Waals surface area contributed by atoms with Crippen LogP contribution in [0.25, 0.3) is 0 Å². The minimum atomic E-state index is -0.777. The van der Waals surface area contributed by atoms with E-state index in [1.54, 1.807) is 19.9 Å². The number of hydroxylamine groups is 2. The normalized spacial score (nSPS) is 26.9. The van der Waals surface area contributed by atoms with Gasteiger partial charge in [-0.1, -0.05) is 0 Å². The molecule has 0 saturated heterocycles. The summed E-state index contributed by atoms with van der Waals surface area (Å²) in [5.74, 6) is -0.721. The third-order valence-electron chi connectivity index (χ3n) is 3.24. The molecule has 0 aromatic carbocycles. The third-order valence-corrected chi connectivity index (χ3v) is 3.24. The summed E-state index contributed by atoms with van der Waals surface area (Å²) in [6.07, 6.45) is 4.23. The van der Waals surface area contributed by atoms with Gasteiger partial charge in [0.15, 0.2) is 0 Å². The number of hydrogen-bond acceptors (Lipinski definition) is 4. The first-order valence-electron chi connectivity index (χ1n) is 5.46. The van der Waals surface area contributed by atoms with Gasteiger partial charge in [-0.2, -0.15) is 5.06 Å². The summed E-state index contributed by atoms with van der Waals surface area (Å²) in [6, 6.07) is 0. The highest BCUT2D eigenvalue weighted by Gasteiger charge is 2.49. The van der Waals surface area contributed by atoms with Gasteiger partial charge in [0.25, 0.3) is 11.8 Å². The molecule has 1 N–H and O–H groups in total. The highest BCUT2D eigenvalue weighted by Crippen LogP contribution is 2.40. The number of rotatable bonds is 1. The maximum atomic E-state index is 11.7. The molecule has 2 rings (SSSR count). The van der Waals surface area contributed by atoms with Crippen molar-refractivity contribution in [2.24, 2.45) is 0 Å². The van der Waals surface area contributed by atoms with E-state index in [1.807, 2.05) is 13.8 Å². The first-order valence-corrected chi connectivity index (χ1v) is 5.46. The van der Waals surface area contributed by atoms with Gasteiger partial charge in [0.05, 0.1) is 11.1 Å². The van der Waals surface area contributed by atoms with Gasteiger partial charge in [-0.05, 0) is 33.8 Å². The molecule has 0 unspecified atom stereocenters. The number of hydrogen-bond donors (Lipinski definition) is 1. The maximum Gasteiger partial charge on any atom is 0.258 e. The topological polar surface area (TPSA) is 60.9 Å². The molecule has 17 heavy (non-hydrogen) atoms. The Labute approximate surface area is 100.0 Å². The Kier molecular flexibility index (Phi) is 2.31. The Morgan fingerprint density at radius 2 is 1.53 bits per heavy atom. The van der Waals surface area contributed by atoms with Gasteiger partial charge >= 0.3 is 0 Å². The molecule has 2 heterocycles. The summed E-state index contributed by atoms with van der Waals surface area (Å²) in [7, 11) is 0. The Morgan fingerprint density at radius 3 is 1.88 bits per heavy atom. The highest BCUT2D eigenvalue weighted by atomic mass is 16.5. The molecule has 0 aromatic heterocycles. The van der Waals surface area contributed by atoms with Gasteiger partial charge in [0.2, 0.25) is 0 Å². The fourth-order valence-electron chi connectivity index (χ4n) is 2.38. The number of imide groups is 1. The van der Waals surface area contributed by atoms with Crippen molar-refractivity contribution in [3.05, 3.63) is 23.9 Å². The molecular formula is C12H16N2O3. The molecule has 0 bridgehead atoms. The van der Waals surface area contributed by atoms with Crippen molar-refractivity contribution >= 4 is 11.8 Å². The van der Waals surface area contributed by atoms with Gasteiger partial charge < -0.3 is 5.21 Å². The number of carbonyl (C=O) groups is 2. The molecule has 5 heteroatoms. The van der Waals surface area contributed by atoms with Crippen LogP contribution in [0.2, 0.25) is 0 Å². The quantitative estimate of drug-likeness (QED) is 0.691. The van der Waals surface area contributed by atoms with Crippen molar-refractivity contribution in [1.82, 2.24) is 9.96 Å². The van der Waals surface area contributed by atoms with E-state index >= 15 is 0 Å². The van der Waals surface area contributed by atoms with Crippen molar-refractivity contribution in [3.8, 4) is 0 Å². The lowest BCUT2D eigenvalue weighted by Gasteiger charge is -2.37. The lowest BCUT2D eigenvalue weighted by atomic mass is 10.0. The number of carbonyl (C=O) groups excluding carboxylic acids is 2. The van der Waals surface area contributed by atoms with Crippen LogP contribution in [0.3, 0.4) is 0 Å². The zero-order valence-electron chi connectivity index (χ0n) is 10.4. The van der Waals surface area contributed by atoms with Crippen LogP contribution in [-0.2, 0) is 9.59 Å². The van der Waals surface area contributed by atoms with E-state index in [9.17, 15) is 14.8 Å². The monoisotopic (exact) mass is 236 g/mol. The maximum absolute atomic E-state index is 11.7. The fraction of sp³-hybridized carbons (Fsp3) is 0.500. The minimum Gasteiger partial charge on any atom is -0.312 e. The van der Waals surface area contributed by atoms with Gasteiger partial charge in [-0.25, -0.2) is 4.90 Å². The zero-order chi connectivity index (χ0) is 13.0. The molecule has 2 amide bonds. The van der Waals surface area contributed by atoms with E-state index in [2.05, 4.69) is 0 Å². The van der Waals surface area contributed by atoms with Crippen molar-refractivity contribution in [2.45, 2.75) is 38.8 Å². The van der Waals surface area contributed by atoms with E-state index in [-0.39, 0.29) is 11.8 Å². The van der Waals surface area contributed by atoms with Crippen LogP contribution in [0, 0.1) is 0 Å². The summed E-state index contributed by atoms with van der Waals surface area (Å²) >= 11 is 0. The fourth-order valence-corrected chi connectivity index (χ4v) is 2.38. The molecule has 92 valence electrons. The SMILES string of the molecule is CC1(C)C=C(N2C(=O)C=CC2=O)C(C)(C)N1O. The standard InChI is InChI=1S/C12H16N2O3/c1-11(2)7-8(12(3,4)14(11)17)13-9(15)5-6-10(13)16/h5-7,17H,1-4H3. The number of amides is 2. The predicted molar refractivity (Wildman–Crippen MR) is 60.9 cm³/mol. The Morgan fingerprint density at radius 1 is 1.06 bits per heavy atom. The molecular weight excluding hydrogens is 220 g/mol. The van der Waals surface area contributed by atoms with E-state index in [0.717, 1.165) is 9.96 Å². The average molecular weight is 236 g/mol. The smallest absolute Gasteiger partial charge is 0.258 e. The second-order valence-electron chi connectivity index (χ2n) is 5.40. The van der Waals surface area contributed by atoms with Crippen LogP contribution in [0.5, 0.6) is 0 Å². The summed E-state index contributed by atoms with van der Waals surface area (Å²) in [4.78, 5) is 24.4. The first-order chi connectivity index (χ1) is 7.68. The van der Waals surface area contributed by atoms with Gasteiger partial charge in [0, 0.05) is 17.8 Å². The van der Waals surface area contributed by atoms with E-state index in [1.165, 1.54) is 12.2 Å². The lowest BCUT2D eigenvalue weighted by Crippen LogP contribution is -2.50. The Bertz CT molecular complexity index is 442. The predicted octanol–water partition coefficient (Wildman–Crippen LogP) is 1.06. The third kappa shape index (κ3) is 1.54. The van der Waals surface area contributed by atoms with Crippen LogP contribution in [0.1, 0.15) is 27.7 Å². The lowest BCUT2D eigenvalue weighted by molar-refractivity contribution is -0.188. The molecule has 2 aliphatic rings. The first kappa shape index (κ1) is 12.0. The van der Waals surface area contributed by atoms with Crippen LogP contribution in [-0.4, -0.2) is 38.1 Å². The van der Waals surface area contributed by atoms with Crippen molar-refractivity contribution in [3.63, 3.8) is 0 Å². The van der Waals surface area contributed by atoms with E-state index in [4.69, 9.17) is 0 Å². The van der Waals surface area contributed by atoms with Crippen LogP contribution < -0.4 is 0 Å². The van der Waals surface area contributed by atoms with E-state index < -0.39 is 11.1 Å². The molecule has 0 aliphatic carbocycles. The molecule has 0 spiro atoms. The Hall–Kier alpha value is -1.46. The van der Waals surface area contributed by atoms with Crippen LogP contribution in [0.4, 0.5) is 0 Å². The highest BCUT2D eigenvalue weighted by molar-refractivity contribution is 6.14. The zero-order valence-corrected chi connectivity index (χ0v) is 10.4. The van der Waals surface area contributed by atoms with Gasteiger partial charge in [0.1, 0.15) is 0 Å². The summed E-state index contributed by atoms with van der Waals surface area (Å²) < 4.78 is 0. The second-order valence-corrected chi connectivity index (χ2v) is 5.40. The van der Waals surface area contributed by atoms with Crippen molar-refractivity contribution in [1.29, 1.82) is 0 Å². The Balaban J connectivity index is 2.46. The van der Waals surface area contributed by atoms with Gasteiger partial charge in [-0.3, -0.25) is 9.59 Å².